The molecule has 1 heterocycles. The molecule has 100 valence electrons. The summed E-state index contributed by atoms with van der Waals surface area (Å²) < 4.78 is 6.81. The van der Waals surface area contributed by atoms with E-state index in [9.17, 15) is 0 Å². The standard InChI is InChI=1S/C14H21BrN2O/c1-4-11-8-18-10(3)7-17(11)14-5-9(2)13(16)6-12(14)15/h5-6,10-11H,4,7-8,16H2,1-3H3. The van der Waals surface area contributed by atoms with Crippen LogP contribution in [0, 0.1) is 6.92 Å². The van der Waals surface area contributed by atoms with Gasteiger partial charge in [-0.1, -0.05) is 6.92 Å². The predicted octanol–water partition coefficient (Wildman–Crippen LogP) is 3.34. The van der Waals surface area contributed by atoms with Gasteiger partial charge in [-0.3, -0.25) is 0 Å². The van der Waals surface area contributed by atoms with Crippen molar-refractivity contribution in [2.75, 3.05) is 23.8 Å². The molecule has 18 heavy (non-hydrogen) atoms. The molecule has 3 nitrogen and oxygen atoms in total. The average Bonchev–Trinajstić information content (AvgIpc) is 2.34. The molecular weight excluding hydrogens is 292 g/mol. The highest BCUT2D eigenvalue weighted by atomic mass is 79.9. The van der Waals surface area contributed by atoms with Crippen LogP contribution in [0.25, 0.3) is 0 Å². The number of hydrogen-bond acceptors (Lipinski definition) is 3. The number of nitrogen functional groups attached to an aromatic ring is 1. The molecule has 1 aliphatic rings. The van der Waals surface area contributed by atoms with Gasteiger partial charge in [0.05, 0.1) is 24.4 Å². The Labute approximate surface area is 117 Å². The highest BCUT2D eigenvalue weighted by molar-refractivity contribution is 9.10. The maximum atomic E-state index is 5.94. The van der Waals surface area contributed by atoms with Crippen LogP contribution in [0.15, 0.2) is 16.6 Å². The van der Waals surface area contributed by atoms with E-state index in [2.05, 4.69) is 47.7 Å². The van der Waals surface area contributed by atoms with Crippen LogP contribution in [0.1, 0.15) is 25.8 Å². The lowest BCUT2D eigenvalue weighted by atomic mass is 10.1. The summed E-state index contributed by atoms with van der Waals surface area (Å²) in [5.41, 5.74) is 9.13. The fraction of sp³-hybridized carbons (Fsp3) is 0.571. The van der Waals surface area contributed by atoms with Gasteiger partial charge in [-0.15, -0.1) is 0 Å². The molecule has 1 aliphatic heterocycles. The van der Waals surface area contributed by atoms with Crippen molar-refractivity contribution < 1.29 is 4.74 Å². The highest BCUT2D eigenvalue weighted by Gasteiger charge is 2.27. The van der Waals surface area contributed by atoms with Crippen LogP contribution in [0.3, 0.4) is 0 Å². The first-order valence-corrected chi connectivity index (χ1v) is 7.26. The Morgan fingerprint density at radius 3 is 2.89 bits per heavy atom. The molecule has 2 rings (SSSR count). The molecule has 0 spiro atoms. The van der Waals surface area contributed by atoms with E-state index in [0.717, 1.165) is 35.3 Å². The quantitative estimate of drug-likeness (QED) is 0.851. The summed E-state index contributed by atoms with van der Waals surface area (Å²) in [6.07, 6.45) is 1.36. The van der Waals surface area contributed by atoms with Gasteiger partial charge in [0.25, 0.3) is 0 Å². The van der Waals surface area contributed by atoms with Crippen molar-refractivity contribution in [2.24, 2.45) is 0 Å². The number of nitrogens with zero attached hydrogens (tertiary/aromatic N) is 1. The summed E-state index contributed by atoms with van der Waals surface area (Å²) in [6.45, 7) is 8.11. The maximum Gasteiger partial charge on any atom is 0.0723 e. The summed E-state index contributed by atoms with van der Waals surface area (Å²) in [6, 6.07) is 4.61. The van der Waals surface area contributed by atoms with Gasteiger partial charge in [0.1, 0.15) is 0 Å². The zero-order valence-electron chi connectivity index (χ0n) is 11.2. The lowest BCUT2D eigenvalue weighted by molar-refractivity contribution is 0.0299. The predicted molar refractivity (Wildman–Crippen MR) is 80.1 cm³/mol. The lowest BCUT2D eigenvalue weighted by Crippen LogP contribution is -2.48. The third-order valence-electron chi connectivity index (χ3n) is 3.58. The smallest absolute Gasteiger partial charge is 0.0723 e. The average molecular weight is 313 g/mol. The van der Waals surface area contributed by atoms with Crippen LogP contribution in [-0.2, 0) is 4.74 Å². The van der Waals surface area contributed by atoms with Gasteiger partial charge in [0.15, 0.2) is 0 Å². The van der Waals surface area contributed by atoms with Crippen molar-refractivity contribution in [3.63, 3.8) is 0 Å². The summed E-state index contributed by atoms with van der Waals surface area (Å²) in [4.78, 5) is 2.44. The molecular formula is C14H21BrN2O. The molecule has 2 N–H and O–H groups in total. The third kappa shape index (κ3) is 2.64. The van der Waals surface area contributed by atoms with E-state index in [4.69, 9.17) is 10.5 Å². The molecule has 1 aromatic carbocycles. The zero-order valence-corrected chi connectivity index (χ0v) is 12.8. The first-order valence-electron chi connectivity index (χ1n) is 6.46. The lowest BCUT2D eigenvalue weighted by Gasteiger charge is -2.40. The van der Waals surface area contributed by atoms with Gasteiger partial charge < -0.3 is 15.4 Å². The minimum atomic E-state index is 0.276. The Bertz CT molecular complexity index is 436. The Balaban J connectivity index is 2.36. The topological polar surface area (TPSA) is 38.5 Å². The Morgan fingerprint density at radius 2 is 2.22 bits per heavy atom. The van der Waals surface area contributed by atoms with E-state index in [1.54, 1.807) is 0 Å². The van der Waals surface area contributed by atoms with E-state index in [-0.39, 0.29) is 6.10 Å². The summed E-state index contributed by atoms with van der Waals surface area (Å²) >= 11 is 3.63. The number of nitrogens with two attached hydrogens (primary N) is 1. The Kier molecular flexibility index (Phi) is 4.17. The van der Waals surface area contributed by atoms with Crippen molar-refractivity contribution in [1.82, 2.24) is 0 Å². The Hall–Kier alpha value is -0.740. The van der Waals surface area contributed by atoms with Crippen molar-refractivity contribution >= 4 is 27.3 Å². The van der Waals surface area contributed by atoms with Crippen LogP contribution >= 0.6 is 15.9 Å². The van der Waals surface area contributed by atoms with Gasteiger partial charge >= 0.3 is 0 Å². The number of aryl methyl sites for hydroxylation is 1. The fourth-order valence-corrected chi connectivity index (χ4v) is 2.97. The van der Waals surface area contributed by atoms with E-state index < -0.39 is 0 Å². The summed E-state index contributed by atoms with van der Waals surface area (Å²) in [7, 11) is 0. The molecule has 0 radical (unpaired) electrons. The molecule has 0 amide bonds. The van der Waals surface area contributed by atoms with Crippen LogP contribution in [-0.4, -0.2) is 25.3 Å². The molecule has 0 aromatic heterocycles. The highest BCUT2D eigenvalue weighted by Crippen LogP contribution is 2.34. The molecule has 0 bridgehead atoms. The monoisotopic (exact) mass is 312 g/mol. The molecule has 0 saturated carbocycles. The molecule has 4 heteroatoms. The minimum Gasteiger partial charge on any atom is -0.398 e. The number of hydrogen-bond donors (Lipinski definition) is 1. The van der Waals surface area contributed by atoms with E-state index >= 15 is 0 Å². The third-order valence-corrected chi connectivity index (χ3v) is 4.22. The van der Waals surface area contributed by atoms with Crippen molar-refractivity contribution in [3.05, 3.63) is 22.2 Å². The van der Waals surface area contributed by atoms with Crippen LogP contribution in [0.4, 0.5) is 11.4 Å². The minimum absolute atomic E-state index is 0.276. The second-order valence-corrected chi connectivity index (χ2v) is 5.87. The maximum absolute atomic E-state index is 5.94. The first kappa shape index (κ1) is 13.7. The molecule has 1 aromatic rings. The van der Waals surface area contributed by atoms with Crippen molar-refractivity contribution in [2.45, 2.75) is 39.3 Å². The largest absolute Gasteiger partial charge is 0.398 e. The van der Waals surface area contributed by atoms with Gasteiger partial charge in [-0.05, 0) is 53.9 Å². The molecule has 0 aliphatic carbocycles. The number of benzene rings is 1. The number of anilines is 2. The molecule has 1 saturated heterocycles. The SMILES string of the molecule is CCC1COC(C)CN1c1cc(C)c(N)cc1Br. The number of halogens is 1. The van der Waals surface area contributed by atoms with Crippen LogP contribution in [0.2, 0.25) is 0 Å². The normalized spacial score (nSPS) is 24.3. The number of rotatable bonds is 2. The van der Waals surface area contributed by atoms with E-state index in [1.807, 2.05) is 6.07 Å². The Morgan fingerprint density at radius 1 is 1.50 bits per heavy atom. The fourth-order valence-electron chi connectivity index (χ4n) is 2.38. The summed E-state index contributed by atoms with van der Waals surface area (Å²) in [5, 5.41) is 0. The summed E-state index contributed by atoms with van der Waals surface area (Å²) in [5.74, 6) is 0. The number of ether oxygens (including phenoxy) is 1. The van der Waals surface area contributed by atoms with Gasteiger partial charge in [0.2, 0.25) is 0 Å². The second kappa shape index (κ2) is 5.49. The van der Waals surface area contributed by atoms with E-state index in [0.29, 0.717) is 6.04 Å². The van der Waals surface area contributed by atoms with Crippen molar-refractivity contribution in [3.8, 4) is 0 Å². The van der Waals surface area contributed by atoms with Gasteiger partial charge in [-0.25, -0.2) is 0 Å². The molecule has 1 fully saturated rings. The van der Waals surface area contributed by atoms with Crippen molar-refractivity contribution in [1.29, 1.82) is 0 Å². The molecule has 2 unspecified atom stereocenters. The van der Waals surface area contributed by atoms with Crippen LogP contribution in [0.5, 0.6) is 0 Å². The molecule has 2 atom stereocenters. The zero-order chi connectivity index (χ0) is 13.3. The van der Waals surface area contributed by atoms with Gasteiger partial charge in [0, 0.05) is 16.7 Å². The van der Waals surface area contributed by atoms with Crippen LogP contribution < -0.4 is 10.6 Å². The number of morpholine rings is 1. The van der Waals surface area contributed by atoms with Gasteiger partial charge in [-0.2, -0.15) is 0 Å². The van der Waals surface area contributed by atoms with E-state index in [1.165, 1.54) is 5.69 Å². The first-order chi connectivity index (χ1) is 8.52. The second-order valence-electron chi connectivity index (χ2n) is 5.02.